The van der Waals surface area contributed by atoms with E-state index >= 15 is 0 Å². The number of amides is 1. The molecule has 0 heterocycles. The van der Waals surface area contributed by atoms with Crippen LogP contribution in [0.3, 0.4) is 0 Å². The summed E-state index contributed by atoms with van der Waals surface area (Å²) in [4.78, 5) is 22.5. The van der Waals surface area contributed by atoms with E-state index in [0.29, 0.717) is 23.8 Å². The standard InChI is InChI=1S/C16H23NO4/c1-11(2)8-9-21-12(3)16(20)17-14-6-4-13(5-7-14)10-15(18)19/h4-7,11-12H,8-10H2,1-3H3,(H,17,20)(H,18,19). The zero-order valence-corrected chi connectivity index (χ0v) is 12.8. The van der Waals surface area contributed by atoms with Crippen LogP contribution in [0.25, 0.3) is 0 Å². The van der Waals surface area contributed by atoms with Crippen molar-refractivity contribution >= 4 is 17.6 Å². The maximum atomic E-state index is 11.9. The highest BCUT2D eigenvalue weighted by Gasteiger charge is 2.13. The van der Waals surface area contributed by atoms with Gasteiger partial charge in [-0.2, -0.15) is 0 Å². The summed E-state index contributed by atoms with van der Waals surface area (Å²) >= 11 is 0. The molecule has 0 saturated heterocycles. The Hall–Kier alpha value is -1.88. The fraction of sp³-hybridized carbons (Fsp3) is 0.500. The number of hydrogen-bond acceptors (Lipinski definition) is 3. The van der Waals surface area contributed by atoms with Crippen LogP contribution in [0.5, 0.6) is 0 Å². The molecule has 1 atom stereocenters. The summed E-state index contributed by atoms with van der Waals surface area (Å²) in [7, 11) is 0. The molecule has 0 saturated carbocycles. The van der Waals surface area contributed by atoms with Gasteiger partial charge in [0.25, 0.3) is 5.91 Å². The number of hydrogen-bond donors (Lipinski definition) is 2. The van der Waals surface area contributed by atoms with Gasteiger partial charge < -0.3 is 15.2 Å². The van der Waals surface area contributed by atoms with E-state index in [1.54, 1.807) is 31.2 Å². The highest BCUT2D eigenvalue weighted by molar-refractivity contribution is 5.93. The molecule has 1 aromatic carbocycles. The van der Waals surface area contributed by atoms with Gasteiger partial charge in [0.2, 0.25) is 0 Å². The summed E-state index contributed by atoms with van der Waals surface area (Å²) in [5, 5.41) is 11.4. The molecule has 0 aromatic heterocycles. The molecule has 0 aliphatic rings. The van der Waals surface area contributed by atoms with Crippen molar-refractivity contribution in [2.24, 2.45) is 5.92 Å². The second-order valence-electron chi connectivity index (χ2n) is 5.45. The van der Waals surface area contributed by atoms with Gasteiger partial charge in [-0.25, -0.2) is 0 Å². The maximum absolute atomic E-state index is 11.9. The normalized spacial score (nSPS) is 12.2. The summed E-state index contributed by atoms with van der Waals surface area (Å²) in [6.45, 7) is 6.48. The van der Waals surface area contributed by atoms with Crippen molar-refractivity contribution < 1.29 is 19.4 Å². The van der Waals surface area contributed by atoms with Gasteiger partial charge in [-0.1, -0.05) is 26.0 Å². The van der Waals surface area contributed by atoms with Crippen LogP contribution in [0.2, 0.25) is 0 Å². The third-order valence-electron chi connectivity index (χ3n) is 3.01. The van der Waals surface area contributed by atoms with Gasteiger partial charge in [0, 0.05) is 12.3 Å². The molecule has 0 fully saturated rings. The number of carbonyl (C=O) groups excluding carboxylic acids is 1. The van der Waals surface area contributed by atoms with Crippen LogP contribution >= 0.6 is 0 Å². The van der Waals surface area contributed by atoms with Crippen LogP contribution in [-0.2, 0) is 20.7 Å². The molecule has 5 nitrogen and oxygen atoms in total. The zero-order chi connectivity index (χ0) is 15.8. The first-order valence-corrected chi connectivity index (χ1v) is 7.11. The lowest BCUT2D eigenvalue weighted by molar-refractivity contribution is -0.136. The summed E-state index contributed by atoms with van der Waals surface area (Å²) in [5.41, 5.74) is 1.33. The van der Waals surface area contributed by atoms with Crippen LogP contribution in [-0.4, -0.2) is 29.7 Å². The molecule has 0 bridgehead atoms. The number of carboxylic acids is 1. The number of ether oxygens (including phenoxy) is 1. The van der Waals surface area contributed by atoms with E-state index in [1.165, 1.54) is 0 Å². The molecule has 5 heteroatoms. The van der Waals surface area contributed by atoms with Crippen molar-refractivity contribution in [2.75, 3.05) is 11.9 Å². The third kappa shape index (κ3) is 6.90. The Morgan fingerprint density at radius 3 is 2.33 bits per heavy atom. The second-order valence-corrected chi connectivity index (χ2v) is 5.45. The van der Waals surface area contributed by atoms with Crippen LogP contribution in [0, 0.1) is 5.92 Å². The van der Waals surface area contributed by atoms with Crippen molar-refractivity contribution in [3.05, 3.63) is 29.8 Å². The lowest BCUT2D eigenvalue weighted by Crippen LogP contribution is -2.28. The van der Waals surface area contributed by atoms with Crippen molar-refractivity contribution in [1.82, 2.24) is 0 Å². The Balaban J connectivity index is 2.44. The Kier molecular flexibility index (Phi) is 6.88. The Morgan fingerprint density at radius 1 is 1.19 bits per heavy atom. The topological polar surface area (TPSA) is 75.6 Å². The van der Waals surface area contributed by atoms with E-state index in [2.05, 4.69) is 19.2 Å². The van der Waals surface area contributed by atoms with Gasteiger partial charge in [0.15, 0.2) is 0 Å². The molecule has 0 aliphatic heterocycles. The number of carboxylic acid groups (broad SMARTS) is 1. The molecular formula is C16H23NO4. The van der Waals surface area contributed by atoms with Gasteiger partial charge in [0.05, 0.1) is 6.42 Å². The fourth-order valence-electron chi connectivity index (χ4n) is 1.68. The monoisotopic (exact) mass is 293 g/mol. The first kappa shape index (κ1) is 17.2. The zero-order valence-electron chi connectivity index (χ0n) is 12.8. The van der Waals surface area contributed by atoms with Crippen molar-refractivity contribution in [3.8, 4) is 0 Å². The lowest BCUT2D eigenvalue weighted by Gasteiger charge is -2.14. The molecule has 0 spiro atoms. The van der Waals surface area contributed by atoms with Gasteiger partial charge in [-0.05, 0) is 37.0 Å². The number of nitrogens with one attached hydrogen (secondary N) is 1. The van der Waals surface area contributed by atoms with Crippen molar-refractivity contribution in [1.29, 1.82) is 0 Å². The fourth-order valence-corrected chi connectivity index (χ4v) is 1.68. The van der Waals surface area contributed by atoms with Crippen LogP contribution in [0.15, 0.2) is 24.3 Å². The van der Waals surface area contributed by atoms with E-state index in [9.17, 15) is 9.59 Å². The van der Waals surface area contributed by atoms with Gasteiger partial charge in [-0.15, -0.1) is 0 Å². The molecule has 1 amide bonds. The Labute approximate surface area is 125 Å². The van der Waals surface area contributed by atoms with Crippen molar-refractivity contribution in [3.63, 3.8) is 0 Å². The molecule has 1 aromatic rings. The number of rotatable bonds is 8. The van der Waals surface area contributed by atoms with E-state index in [4.69, 9.17) is 9.84 Å². The predicted molar refractivity (Wildman–Crippen MR) is 81.3 cm³/mol. The largest absolute Gasteiger partial charge is 0.481 e. The first-order valence-electron chi connectivity index (χ1n) is 7.11. The number of aliphatic carboxylic acids is 1. The molecule has 116 valence electrons. The molecule has 0 radical (unpaired) electrons. The maximum Gasteiger partial charge on any atom is 0.307 e. The van der Waals surface area contributed by atoms with Crippen LogP contribution < -0.4 is 5.32 Å². The number of benzene rings is 1. The smallest absolute Gasteiger partial charge is 0.307 e. The summed E-state index contributed by atoms with van der Waals surface area (Å²) in [5.74, 6) is -0.536. The van der Waals surface area contributed by atoms with Gasteiger partial charge in [0.1, 0.15) is 6.10 Å². The van der Waals surface area contributed by atoms with E-state index in [-0.39, 0.29) is 12.3 Å². The van der Waals surface area contributed by atoms with E-state index in [1.807, 2.05) is 0 Å². The van der Waals surface area contributed by atoms with Crippen molar-refractivity contribution in [2.45, 2.75) is 39.7 Å². The predicted octanol–water partition coefficient (Wildman–Crippen LogP) is 2.70. The summed E-state index contributed by atoms with van der Waals surface area (Å²) < 4.78 is 5.47. The quantitative estimate of drug-likeness (QED) is 0.772. The average molecular weight is 293 g/mol. The van der Waals surface area contributed by atoms with Gasteiger partial charge >= 0.3 is 5.97 Å². The number of carbonyl (C=O) groups is 2. The Bertz CT molecular complexity index is 468. The first-order chi connectivity index (χ1) is 9.88. The summed E-state index contributed by atoms with van der Waals surface area (Å²) in [6, 6.07) is 6.76. The SMILES string of the molecule is CC(C)CCOC(C)C(=O)Nc1ccc(CC(=O)O)cc1. The second kappa shape index (κ2) is 8.42. The minimum Gasteiger partial charge on any atom is -0.481 e. The van der Waals surface area contributed by atoms with E-state index < -0.39 is 12.1 Å². The molecule has 2 N–H and O–H groups in total. The molecule has 21 heavy (non-hydrogen) atoms. The number of anilines is 1. The minimum absolute atomic E-state index is 0.0249. The van der Waals surface area contributed by atoms with Crippen LogP contribution in [0.1, 0.15) is 32.8 Å². The third-order valence-corrected chi connectivity index (χ3v) is 3.01. The minimum atomic E-state index is -0.876. The van der Waals surface area contributed by atoms with Crippen LogP contribution in [0.4, 0.5) is 5.69 Å². The highest BCUT2D eigenvalue weighted by atomic mass is 16.5. The molecule has 0 aliphatic carbocycles. The highest BCUT2D eigenvalue weighted by Crippen LogP contribution is 2.11. The molecule has 1 rings (SSSR count). The average Bonchev–Trinajstić information content (AvgIpc) is 2.39. The molecular weight excluding hydrogens is 270 g/mol. The van der Waals surface area contributed by atoms with Gasteiger partial charge in [-0.3, -0.25) is 9.59 Å². The lowest BCUT2D eigenvalue weighted by atomic mass is 10.1. The molecule has 1 unspecified atom stereocenters. The Morgan fingerprint density at radius 2 is 1.81 bits per heavy atom. The summed E-state index contributed by atoms with van der Waals surface area (Å²) in [6.07, 6.45) is 0.382. The van der Waals surface area contributed by atoms with E-state index in [0.717, 1.165) is 6.42 Å².